The lowest BCUT2D eigenvalue weighted by Crippen LogP contribution is -2.20. The number of hydrogen-bond donors (Lipinski definition) is 2. The summed E-state index contributed by atoms with van der Waals surface area (Å²) in [7, 11) is 0. The summed E-state index contributed by atoms with van der Waals surface area (Å²) in [5.74, 6) is 4.60. The molecule has 19 heavy (non-hydrogen) atoms. The number of aliphatic hydroxyl groups is 1. The minimum absolute atomic E-state index is 0.0153. The maximum Gasteiger partial charge on any atom is 0.227 e. The molecule has 1 atom stereocenters. The van der Waals surface area contributed by atoms with Crippen molar-refractivity contribution in [1.29, 1.82) is 0 Å². The fraction of sp³-hybridized carbons (Fsp3) is 0.400. The van der Waals surface area contributed by atoms with E-state index in [4.69, 9.17) is 5.11 Å². The normalized spacial score (nSPS) is 11.4. The monoisotopic (exact) mass is 263 g/mol. The van der Waals surface area contributed by atoms with E-state index in [2.05, 4.69) is 17.2 Å². The van der Waals surface area contributed by atoms with E-state index in [0.717, 1.165) is 0 Å². The molecule has 1 rings (SSSR count). The van der Waals surface area contributed by atoms with Crippen LogP contribution < -0.4 is 5.32 Å². The summed E-state index contributed by atoms with van der Waals surface area (Å²) >= 11 is 0. The third-order valence-corrected chi connectivity index (χ3v) is 2.76. The maximum absolute atomic E-state index is 13.8. The second-order valence-electron chi connectivity index (χ2n) is 4.27. The van der Waals surface area contributed by atoms with Gasteiger partial charge in [0.05, 0.1) is 12.3 Å². The molecule has 0 saturated carbocycles. The number of carbonyl (C=O) groups excluding carboxylic acids is 1. The number of aliphatic hydroxyl groups excluding tert-OH is 1. The van der Waals surface area contributed by atoms with E-state index in [1.807, 2.05) is 6.92 Å². The molecule has 0 fully saturated rings. The van der Waals surface area contributed by atoms with Crippen LogP contribution in [0.5, 0.6) is 0 Å². The highest BCUT2D eigenvalue weighted by Crippen LogP contribution is 2.16. The Morgan fingerprint density at radius 1 is 1.53 bits per heavy atom. The van der Waals surface area contributed by atoms with Gasteiger partial charge >= 0.3 is 0 Å². The molecule has 0 aliphatic heterocycles. The summed E-state index contributed by atoms with van der Waals surface area (Å²) in [6.45, 7) is 3.68. The number of rotatable bonds is 4. The van der Waals surface area contributed by atoms with E-state index in [0.29, 0.717) is 18.4 Å². The fourth-order valence-corrected chi connectivity index (χ4v) is 1.36. The molecule has 0 radical (unpaired) electrons. The Labute approximate surface area is 112 Å². The first-order chi connectivity index (χ1) is 9.08. The molecular weight excluding hydrogens is 245 g/mol. The molecule has 0 saturated heterocycles. The van der Waals surface area contributed by atoms with Crippen LogP contribution >= 0.6 is 0 Å². The Morgan fingerprint density at radius 3 is 2.84 bits per heavy atom. The van der Waals surface area contributed by atoms with Gasteiger partial charge in [-0.2, -0.15) is 0 Å². The minimum atomic E-state index is -0.507. The Bertz CT molecular complexity index is 503. The summed E-state index contributed by atoms with van der Waals surface area (Å²) in [5, 5.41) is 11.1. The van der Waals surface area contributed by atoms with Gasteiger partial charge in [0.1, 0.15) is 5.82 Å². The fourth-order valence-electron chi connectivity index (χ4n) is 1.36. The molecule has 0 aliphatic rings. The van der Waals surface area contributed by atoms with Crippen LogP contribution in [0.2, 0.25) is 0 Å². The quantitative estimate of drug-likeness (QED) is 0.820. The molecule has 1 aromatic carbocycles. The van der Waals surface area contributed by atoms with Crippen molar-refractivity contribution in [3.8, 4) is 11.8 Å². The molecule has 1 amide bonds. The van der Waals surface area contributed by atoms with E-state index in [9.17, 15) is 9.18 Å². The topological polar surface area (TPSA) is 49.3 Å². The lowest BCUT2D eigenvalue weighted by molar-refractivity contribution is -0.119. The SMILES string of the molecule is CCC(C)C(=O)Nc1ccc(C#CCCO)cc1F. The lowest BCUT2D eigenvalue weighted by Gasteiger charge is -2.10. The average molecular weight is 263 g/mol. The van der Waals surface area contributed by atoms with Crippen LogP contribution in [0, 0.1) is 23.6 Å². The summed E-state index contributed by atoms with van der Waals surface area (Å²) in [4.78, 5) is 11.7. The van der Waals surface area contributed by atoms with E-state index in [1.165, 1.54) is 12.1 Å². The number of hydrogen-bond acceptors (Lipinski definition) is 2. The molecule has 4 heteroatoms. The number of carbonyl (C=O) groups is 1. The van der Waals surface area contributed by atoms with Crippen LogP contribution in [0.4, 0.5) is 10.1 Å². The van der Waals surface area contributed by atoms with Crippen molar-refractivity contribution < 1.29 is 14.3 Å². The van der Waals surface area contributed by atoms with Crippen LogP contribution in [0.3, 0.4) is 0 Å². The van der Waals surface area contributed by atoms with Gasteiger partial charge in [0, 0.05) is 17.9 Å². The Balaban J connectivity index is 2.78. The van der Waals surface area contributed by atoms with Gasteiger partial charge in [-0.15, -0.1) is 0 Å². The highest BCUT2D eigenvalue weighted by molar-refractivity contribution is 5.92. The average Bonchev–Trinajstić information content (AvgIpc) is 2.41. The third kappa shape index (κ3) is 4.72. The molecule has 1 unspecified atom stereocenters. The Kier molecular flexibility index (Phi) is 6.04. The molecular formula is C15H18FNO2. The molecule has 1 aromatic rings. The van der Waals surface area contributed by atoms with Crippen LogP contribution in [0.1, 0.15) is 32.3 Å². The first-order valence-corrected chi connectivity index (χ1v) is 6.28. The molecule has 102 valence electrons. The molecule has 0 spiro atoms. The van der Waals surface area contributed by atoms with Crippen LogP contribution in [0.25, 0.3) is 0 Å². The first-order valence-electron chi connectivity index (χ1n) is 6.28. The van der Waals surface area contributed by atoms with Crippen molar-refractivity contribution in [2.45, 2.75) is 26.7 Å². The summed E-state index contributed by atoms with van der Waals surface area (Å²) in [6.07, 6.45) is 1.06. The van der Waals surface area contributed by atoms with Gasteiger partial charge in [-0.05, 0) is 24.6 Å². The Morgan fingerprint density at radius 2 is 2.26 bits per heavy atom. The Hall–Kier alpha value is -1.86. The maximum atomic E-state index is 13.8. The number of nitrogens with one attached hydrogen (secondary N) is 1. The van der Waals surface area contributed by atoms with E-state index in [1.54, 1.807) is 13.0 Å². The minimum Gasteiger partial charge on any atom is -0.395 e. The predicted octanol–water partition coefficient (Wildman–Crippen LogP) is 2.54. The van der Waals surface area contributed by atoms with Gasteiger partial charge in [0.25, 0.3) is 0 Å². The summed E-state index contributed by atoms with van der Waals surface area (Å²) in [6, 6.07) is 4.41. The van der Waals surface area contributed by atoms with Gasteiger partial charge in [-0.3, -0.25) is 4.79 Å². The van der Waals surface area contributed by atoms with Gasteiger partial charge in [-0.1, -0.05) is 25.7 Å². The number of halogens is 1. The smallest absolute Gasteiger partial charge is 0.227 e. The van der Waals surface area contributed by atoms with Crippen molar-refractivity contribution in [1.82, 2.24) is 0 Å². The second-order valence-corrected chi connectivity index (χ2v) is 4.27. The number of amides is 1. The van der Waals surface area contributed by atoms with Crippen molar-refractivity contribution in [3.63, 3.8) is 0 Å². The molecule has 0 bridgehead atoms. The molecule has 0 aromatic heterocycles. The highest BCUT2D eigenvalue weighted by atomic mass is 19.1. The van der Waals surface area contributed by atoms with Crippen LogP contribution in [0.15, 0.2) is 18.2 Å². The van der Waals surface area contributed by atoms with Crippen molar-refractivity contribution in [3.05, 3.63) is 29.6 Å². The van der Waals surface area contributed by atoms with Gasteiger partial charge < -0.3 is 10.4 Å². The summed E-state index contributed by atoms with van der Waals surface area (Å²) in [5.41, 5.74) is 0.686. The zero-order valence-electron chi connectivity index (χ0n) is 11.2. The lowest BCUT2D eigenvalue weighted by atomic mass is 10.1. The van der Waals surface area contributed by atoms with Gasteiger partial charge in [0.2, 0.25) is 5.91 Å². The van der Waals surface area contributed by atoms with E-state index < -0.39 is 5.82 Å². The molecule has 3 nitrogen and oxygen atoms in total. The van der Waals surface area contributed by atoms with E-state index >= 15 is 0 Å². The van der Waals surface area contributed by atoms with Gasteiger partial charge in [-0.25, -0.2) is 4.39 Å². The number of benzene rings is 1. The van der Waals surface area contributed by atoms with E-state index in [-0.39, 0.29) is 24.1 Å². The molecule has 2 N–H and O–H groups in total. The standard InChI is InChI=1S/C15H18FNO2/c1-3-11(2)15(19)17-14-8-7-12(10-13(14)16)6-4-5-9-18/h7-8,10-11,18H,3,5,9H2,1-2H3,(H,17,19). The predicted molar refractivity (Wildman–Crippen MR) is 73.1 cm³/mol. The number of anilines is 1. The highest BCUT2D eigenvalue weighted by Gasteiger charge is 2.12. The molecule has 0 aliphatic carbocycles. The van der Waals surface area contributed by atoms with Crippen molar-refractivity contribution in [2.75, 3.05) is 11.9 Å². The summed E-state index contributed by atoms with van der Waals surface area (Å²) < 4.78 is 13.8. The third-order valence-electron chi connectivity index (χ3n) is 2.76. The first kappa shape index (κ1) is 15.2. The van der Waals surface area contributed by atoms with Crippen LogP contribution in [-0.4, -0.2) is 17.6 Å². The largest absolute Gasteiger partial charge is 0.395 e. The van der Waals surface area contributed by atoms with Crippen LogP contribution in [-0.2, 0) is 4.79 Å². The van der Waals surface area contributed by atoms with Gasteiger partial charge in [0.15, 0.2) is 0 Å². The molecule has 0 heterocycles. The second kappa shape index (κ2) is 7.55. The van der Waals surface area contributed by atoms with Crippen molar-refractivity contribution in [2.24, 2.45) is 5.92 Å². The zero-order chi connectivity index (χ0) is 14.3. The van der Waals surface area contributed by atoms with Crippen molar-refractivity contribution >= 4 is 11.6 Å². The zero-order valence-corrected chi connectivity index (χ0v) is 11.2.